The molecule has 0 aromatic carbocycles. The third-order valence-corrected chi connectivity index (χ3v) is 7.69. The van der Waals surface area contributed by atoms with E-state index in [0.29, 0.717) is 12.5 Å². The van der Waals surface area contributed by atoms with Crippen molar-refractivity contribution in [3.8, 4) is 0 Å². The van der Waals surface area contributed by atoms with Crippen molar-refractivity contribution >= 4 is 5.97 Å². The fraction of sp³-hybridized carbons (Fsp3) is 0.969. The van der Waals surface area contributed by atoms with Gasteiger partial charge in [-0.15, -0.1) is 0 Å². The number of hydrogen-bond donors (Lipinski definition) is 0. The smallest absolute Gasteiger partial charge is 0.309 e. The first kappa shape index (κ1) is 33.5. The normalized spacial score (nSPS) is 13.2. The summed E-state index contributed by atoms with van der Waals surface area (Å²) >= 11 is 0. The molecule has 0 rings (SSSR count). The first-order valence-corrected chi connectivity index (χ1v) is 15.9. The summed E-state index contributed by atoms with van der Waals surface area (Å²) < 4.78 is 5.82. The molecule has 0 aliphatic carbocycles. The minimum absolute atomic E-state index is 0.111. The van der Waals surface area contributed by atoms with Crippen molar-refractivity contribution in [1.82, 2.24) is 0 Å². The van der Waals surface area contributed by atoms with Gasteiger partial charge in [0.15, 0.2) is 0 Å². The molecule has 0 amide bonds. The number of carbonyl (C=O) groups excluding carboxylic acids is 1. The van der Waals surface area contributed by atoms with E-state index in [-0.39, 0.29) is 11.9 Å². The van der Waals surface area contributed by atoms with Crippen LogP contribution in [0.4, 0.5) is 0 Å². The summed E-state index contributed by atoms with van der Waals surface area (Å²) in [5, 5.41) is 0. The van der Waals surface area contributed by atoms with Crippen LogP contribution in [0.25, 0.3) is 0 Å². The summed E-state index contributed by atoms with van der Waals surface area (Å²) in [6.07, 6.45) is 31.0. The van der Waals surface area contributed by atoms with E-state index in [9.17, 15) is 4.79 Å². The van der Waals surface area contributed by atoms with E-state index in [2.05, 4.69) is 27.7 Å². The second kappa shape index (κ2) is 27.1. The van der Waals surface area contributed by atoms with Crippen molar-refractivity contribution in [2.75, 3.05) is 6.61 Å². The monoisotopic (exact) mass is 480 g/mol. The lowest BCUT2D eigenvalue weighted by Crippen LogP contribution is -2.26. The minimum Gasteiger partial charge on any atom is -0.465 e. The highest BCUT2D eigenvalue weighted by molar-refractivity contribution is 5.72. The van der Waals surface area contributed by atoms with Crippen LogP contribution >= 0.6 is 0 Å². The molecule has 0 aliphatic heterocycles. The zero-order chi connectivity index (χ0) is 25.1. The second-order valence-electron chi connectivity index (χ2n) is 10.9. The van der Waals surface area contributed by atoms with E-state index in [4.69, 9.17) is 4.74 Å². The molecule has 34 heavy (non-hydrogen) atoms. The summed E-state index contributed by atoms with van der Waals surface area (Å²) in [4.78, 5) is 13.0. The van der Waals surface area contributed by atoms with Crippen LogP contribution in [0.5, 0.6) is 0 Å². The Labute approximate surface area is 215 Å². The number of ether oxygens (including phenoxy) is 1. The summed E-state index contributed by atoms with van der Waals surface area (Å²) in [6.45, 7) is 9.71. The van der Waals surface area contributed by atoms with Gasteiger partial charge in [0, 0.05) is 0 Å². The largest absolute Gasteiger partial charge is 0.465 e. The van der Waals surface area contributed by atoms with E-state index < -0.39 is 0 Å². The lowest BCUT2D eigenvalue weighted by Gasteiger charge is -2.25. The van der Waals surface area contributed by atoms with Crippen LogP contribution in [0, 0.1) is 11.8 Å². The summed E-state index contributed by atoms with van der Waals surface area (Å²) in [7, 11) is 0. The van der Waals surface area contributed by atoms with Gasteiger partial charge in [-0.1, -0.05) is 163 Å². The maximum absolute atomic E-state index is 13.0. The predicted octanol–water partition coefficient (Wildman–Crippen LogP) is 11.2. The van der Waals surface area contributed by atoms with E-state index in [1.165, 1.54) is 135 Å². The van der Waals surface area contributed by atoms with Crippen LogP contribution in [-0.2, 0) is 9.53 Å². The Bertz CT molecular complexity index is 406. The van der Waals surface area contributed by atoms with E-state index in [1.807, 2.05) is 0 Å². The topological polar surface area (TPSA) is 26.3 Å². The Kier molecular flexibility index (Phi) is 26.6. The Morgan fingerprint density at radius 3 is 1.35 bits per heavy atom. The van der Waals surface area contributed by atoms with Crippen molar-refractivity contribution in [1.29, 1.82) is 0 Å². The van der Waals surface area contributed by atoms with Crippen LogP contribution in [0.15, 0.2) is 0 Å². The fourth-order valence-electron chi connectivity index (χ4n) is 5.26. The molecule has 2 nitrogen and oxygen atoms in total. The predicted molar refractivity (Wildman–Crippen MR) is 151 cm³/mol. The standard InChI is InChI=1S/C32H64O2/c1-5-9-12-14-16-17-18-19-20-21-22-25-28-31(30(8-4)27-24-11-7-3)32(33)34-29-26-23-15-13-10-6-2/h30-31H,5-29H2,1-4H3. The summed E-state index contributed by atoms with van der Waals surface area (Å²) in [6, 6.07) is 0. The minimum atomic E-state index is 0.111. The van der Waals surface area contributed by atoms with Crippen molar-refractivity contribution in [2.24, 2.45) is 11.8 Å². The Morgan fingerprint density at radius 1 is 0.500 bits per heavy atom. The molecule has 0 heterocycles. The van der Waals surface area contributed by atoms with Crippen LogP contribution in [0.1, 0.15) is 182 Å². The van der Waals surface area contributed by atoms with Gasteiger partial charge in [-0.05, 0) is 25.2 Å². The number of unbranched alkanes of at least 4 members (excludes halogenated alkanes) is 18. The Morgan fingerprint density at radius 2 is 0.882 bits per heavy atom. The van der Waals surface area contributed by atoms with Crippen molar-refractivity contribution in [2.45, 2.75) is 182 Å². The van der Waals surface area contributed by atoms with Gasteiger partial charge in [0.05, 0.1) is 12.5 Å². The molecule has 0 spiro atoms. The van der Waals surface area contributed by atoms with Gasteiger partial charge in [-0.3, -0.25) is 4.79 Å². The first-order chi connectivity index (χ1) is 16.7. The van der Waals surface area contributed by atoms with Crippen LogP contribution in [-0.4, -0.2) is 12.6 Å². The molecule has 0 aliphatic rings. The maximum Gasteiger partial charge on any atom is 0.309 e. The Balaban J connectivity index is 4.18. The molecule has 0 bridgehead atoms. The molecule has 0 aromatic heterocycles. The molecule has 2 heteroatoms. The summed E-state index contributed by atoms with van der Waals surface area (Å²) in [5.41, 5.74) is 0. The first-order valence-electron chi connectivity index (χ1n) is 15.9. The number of rotatable bonds is 27. The third kappa shape index (κ3) is 20.8. The highest BCUT2D eigenvalue weighted by atomic mass is 16.5. The van der Waals surface area contributed by atoms with Crippen LogP contribution < -0.4 is 0 Å². The SMILES string of the molecule is CCCCCCCCCCCCCCC(C(=O)OCCCCCCCC)C(CC)CCCCC. The average molecular weight is 481 g/mol. The number of esters is 1. The maximum atomic E-state index is 13.0. The van der Waals surface area contributed by atoms with Gasteiger partial charge in [0.1, 0.15) is 0 Å². The van der Waals surface area contributed by atoms with E-state index >= 15 is 0 Å². The van der Waals surface area contributed by atoms with Gasteiger partial charge in [0.25, 0.3) is 0 Å². The van der Waals surface area contributed by atoms with Crippen LogP contribution in [0.3, 0.4) is 0 Å². The molecule has 0 radical (unpaired) electrons. The zero-order valence-corrected chi connectivity index (χ0v) is 24.1. The van der Waals surface area contributed by atoms with Gasteiger partial charge in [0.2, 0.25) is 0 Å². The van der Waals surface area contributed by atoms with Gasteiger partial charge >= 0.3 is 5.97 Å². The fourth-order valence-corrected chi connectivity index (χ4v) is 5.26. The number of hydrogen-bond acceptors (Lipinski definition) is 2. The molecule has 2 atom stereocenters. The van der Waals surface area contributed by atoms with Crippen molar-refractivity contribution in [3.63, 3.8) is 0 Å². The lowest BCUT2D eigenvalue weighted by atomic mass is 9.82. The van der Waals surface area contributed by atoms with E-state index in [0.717, 1.165) is 19.3 Å². The van der Waals surface area contributed by atoms with Crippen LogP contribution in [0.2, 0.25) is 0 Å². The zero-order valence-electron chi connectivity index (χ0n) is 24.1. The highest BCUT2D eigenvalue weighted by Crippen LogP contribution is 2.29. The number of carbonyl (C=O) groups is 1. The molecule has 0 saturated carbocycles. The molecule has 0 fully saturated rings. The molecule has 0 aromatic rings. The molecule has 0 N–H and O–H groups in total. The van der Waals surface area contributed by atoms with Gasteiger partial charge in [-0.25, -0.2) is 0 Å². The lowest BCUT2D eigenvalue weighted by molar-refractivity contribution is -0.151. The average Bonchev–Trinajstić information content (AvgIpc) is 2.84. The third-order valence-electron chi connectivity index (χ3n) is 7.69. The summed E-state index contributed by atoms with van der Waals surface area (Å²) in [5.74, 6) is 0.751. The Hall–Kier alpha value is -0.530. The van der Waals surface area contributed by atoms with Crippen molar-refractivity contribution < 1.29 is 9.53 Å². The van der Waals surface area contributed by atoms with E-state index in [1.54, 1.807) is 0 Å². The molecular weight excluding hydrogens is 416 g/mol. The highest BCUT2D eigenvalue weighted by Gasteiger charge is 2.27. The molecule has 204 valence electrons. The molecular formula is C32H64O2. The quantitative estimate of drug-likeness (QED) is 0.0862. The van der Waals surface area contributed by atoms with Gasteiger partial charge < -0.3 is 4.74 Å². The second-order valence-corrected chi connectivity index (χ2v) is 10.9. The molecule has 0 saturated heterocycles. The van der Waals surface area contributed by atoms with Crippen molar-refractivity contribution in [3.05, 3.63) is 0 Å². The molecule has 2 unspecified atom stereocenters. The van der Waals surface area contributed by atoms with Gasteiger partial charge in [-0.2, -0.15) is 0 Å².